The van der Waals surface area contributed by atoms with E-state index >= 15 is 0 Å². The van der Waals surface area contributed by atoms with Crippen molar-refractivity contribution in [2.75, 3.05) is 13.1 Å². The van der Waals surface area contributed by atoms with Gasteiger partial charge in [0.15, 0.2) is 0 Å². The van der Waals surface area contributed by atoms with Crippen LogP contribution in [0.4, 0.5) is 0 Å². The van der Waals surface area contributed by atoms with Gasteiger partial charge in [0.05, 0.1) is 6.10 Å². The van der Waals surface area contributed by atoms with Crippen molar-refractivity contribution in [2.24, 2.45) is 10.9 Å². The zero-order chi connectivity index (χ0) is 10.8. The molecule has 0 aliphatic rings. The molecule has 0 aromatic heterocycles. The Kier molecular flexibility index (Phi) is 8.27. The fourth-order valence-corrected chi connectivity index (χ4v) is 1.09. The number of nitrogens with zero attached hydrogens (tertiary/aromatic N) is 1. The molecule has 5 heteroatoms. The third kappa shape index (κ3) is 9.28. The Labute approximate surface area is 85.0 Å². The second-order valence-electron chi connectivity index (χ2n) is 3.44. The average Bonchev–Trinajstić information content (AvgIpc) is 2.15. The second-order valence-corrected chi connectivity index (χ2v) is 3.44. The number of amidine groups is 1. The van der Waals surface area contributed by atoms with Crippen LogP contribution < -0.4 is 11.1 Å². The Bertz CT molecular complexity index is 160. The largest absolute Gasteiger partial charge is 0.409 e. The van der Waals surface area contributed by atoms with Crippen molar-refractivity contribution in [3.8, 4) is 0 Å². The summed E-state index contributed by atoms with van der Waals surface area (Å²) in [5.41, 5.74) is 5.29. The first-order valence-corrected chi connectivity index (χ1v) is 5.02. The molecule has 14 heavy (non-hydrogen) atoms. The molecule has 0 saturated heterocycles. The maximum atomic E-state index is 8.97. The fourth-order valence-electron chi connectivity index (χ4n) is 1.09. The van der Waals surface area contributed by atoms with Gasteiger partial charge >= 0.3 is 0 Å². The molecule has 84 valence electrons. The van der Waals surface area contributed by atoms with E-state index in [1.165, 1.54) is 0 Å². The van der Waals surface area contributed by atoms with Gasteiger partial charge in [0.25, 0.3) is 0 Å². The summed E-state index contributed by atoms with van der Waals surface area (Å²) >= 11 is 0. The van der Waals surface area contributed by atoms with Gasteiger partial charge in [-0.3, -0.25) is 0 Å². The number of nitrogens with two attached hydrogens (primary N) is 1. The number of rotatable bonds is 8. The molecule has 0 spiro atoms. The molecule has 0 aromatic rings. The predicted molar refractivity (Wildman–Crippen MR) is 56.4 cm³/mol. The topological polar surface area (TPSA) is 90.9 Å². The van der Waals surface area contributed by atoms with Crippen molar-refractivity contribution >= 4 is 5.84 Å². The minimum atomic E-state index is -0.214. The molecule has 0 fully saturated rings. The molecule has 0 aromatic carbocycles. The summed E-state index contributed by atoms with van der Waals surface area (Å²) in [5.74, 6) is 0.274. The number of hydrogen-bond donors (Lipinski definition) is 4. The van der Waals surface area contributed by atoms with Crippen LogP contribution in [-0.2, 0) is 0 Å². The molecule has 0 bridgehead atoms. The van der Waals surface area contributed by atoms with Crippen LogP contribution in [0.5, 0.6) is 0 Å². The van der Waals surface area contributed by atoms with Crippen LogP contribution in [0.3, 0.4) is 0 Å². The molecule has 5 N–H and O–H groups in total. The molecule has 1 atom stereocenters. The highest BCUT2D eigenvalue weighted by atomic mass is 16.4. The summed E-state index contributed by atoms with van der Waals surface area (Å²) in [7, 11) is 0. The molecule has 0 aliphatic carbocycles. The van der Waals surface area contributed by atoms with E-state index in [9.17, 15) is 0 Å². The van der Waals surface area contributed by atoms with Crippen molar-refractivity contribution < 1.29 is 10.3 Å². The van der Waals surface area contributed by atoms with Crippen LogP contribution in [0, 0.1) is 0 Å². The maximum Gasteiger partial charge on any atom is 0.139 e. The van der Waals surface area contributed by atoms with E-state index in [1.807, 2.05) is 0 Å². The van der Waals surface area contributed by atoms with Gasteiger partial charge < -0.3 is 21.4 Å². The van der Waals surface area contributed by atoms with Crippen molar-refractivity contribution in [1.82, 2.24) is 5.32 Å². The summed E-state index contributed by atoms with van der Waals surface area (Å²) in [6, 6.07) is 0. The van der Waals surface area contributed by atoms with E-state index in [1.54, 1.807) is 6.92 Å². The predicted octanol–water partition coefficient (Wildman–Crippen LogP) is 0.264. The highest BCUT2D eigenvalue weighted by Gasteiger charge is 1.95. The fraction of sp³-hybridized carbons (Fsp3) is 0.889. The van der Waals surface area contributed by atoms with Crippen LogP contribution >= 0.6 is 0 Å². The van der Waals surface area contributed by atoms with Crippen LogP contribution in [0.25, 0.3) is 0 Å². The van der Waals surface area contributed by atoms with Crippen LogP contribution in [-0.4, -0.2) is 35.3 Å². The van der Waals surface area contributed by atoms with Crippen LogP contribution in [0.15, 0.2) is 5.16 Å². The van der Waals surface area contributed by atoms with Gasteiger partial charge in [-0.05, 0) is 39.3 Å². The smallest absolute Gasteiger partial charge is 0.139 e. The van der Waals surface area contributed by atoms with Gasteiger partial charge in [-0.2, -0.15) is 0 Å². The Morgan fingerprint density at radius 1 is 1.43 bits per heavy atom. The zero-order valence-electron chi connectivity index (χ0n) is 8.74. The molecular formula is C9H21N3O2. The minimum Gasteiger partial charge on any atom is -0.409 e. The van der Waals surface area contributed by atoms with Crippen molar-refractivity contribution in [2.45, 2.75) is 38.7 Å². The molecule has 0 heterocycles. The van der Waals surface area contributed by atoms with Gasteiger partial charge in [0.1, 0.15) is 5.84 Å². The summed E-state index contributed by atoms with van der Waals surface area (Å²) in [6.45, 7) is 3.55. The number of aliphatic hydroxyl groups excluding tert-OH is 1. The van der Waals surface area contributed by atoms with Gasteiger partial charge in [-0.15, -0.1) is 0 Å². The monoisotopic (exact) mass is 203 g/mol. The van der Waals surface area contributed by atoms with Crippen molar-refractivity contribution in [3.05, 3.63) is 0 Å². The number of oxime groups is 1. The van der Waals surface area contributed by atoms with E-state index in [-0.39, 0.29) is 11.9 Å². The summed E-state index contributed by atoms with van der Waals surface area (Å²) in [6.07, 6.45) is 3.06. The molecule has 0 radical (unpaired) electrons. The standard InChI is InChI=1S/C9H21N3O2/c1-8(13)4-2-6-11-7-3-5-9(10)12-14/h8,11,13-14H,2-7H2,1H3,(H2,10,12). The molecular weight excluding hydrogens is 182 g/mol. The minimum absolute atomic E-state index is 0.214. The first-order valence-electron chi connectivity index (χ1n) is 5.02. The van der Waals surface area contributed by atoms with E-state index in [4.69, 9.17) is 16.0 Å². The van der Waals surface area contributed by atoms with Gasteiger partial charge in [0.2, 0.25) is 0 Å². The summed E-state index contributed by atoms with van der Waals surface area (Å²) < 4.78 is 0. The van der Waals surface area contributed by atoms with Crippen LogP contribution in [0.1, 0.15) is 32.6 Å². The molecule has 5 nitrogen and oxygen atoms in total. The van der Waals surface area contributed by atoms with Crippen molar-refractivity contribution in [3.63, 3.8) is 0 Å². The Morgan fingerprint density at radius 3 is 2.64 bits per heavy atom. The third-order valence-electron chi connectivity index (χ3n) is 1.89. The second kappa shape index (κ2) is 8.77. The van der Waals surface area contributed by atoms with Gasteiger partial charge in [-0.1, -0.05) is 5.16 Å². The first kappa shape index (κ1) is 13.2. The highest BCUT2D eigenvalue weighted by molar-refractivity contribution is 5.79. The number of nitrogens with one attached hydrogen (secondary N) is 1. The first-order chi connectivity index (χ1) is 6.66. The summed E-state index contributed by atoms with van der Waals surface area (Å²) in [4.78, 5) is 0. The Hall–Kier alpha value is -0.810. The van der Waals surface area contributed by atoms with E-state index in [2.05, 4.69) is 10.5 Å². The Balaban J connectivity index is 3.07. The molecule has 0 saturated carbocycles. The SMILES string of the molecule is CC(O)CCCNCCCC(N)=NO. The lowest BCUT2D eigenvalue weighted by Gasteiger charge is -2.05. The number of aliphatic hydroxyl groups is 1. The lowest BCUT2D eigenvalue weighted by molar-refractivity contribution is 0.181. The normalized spacial score (nSPS) is 14.3. The van der Waals surface area contributed by atoms with Crippen LogP contribution in [0.2, 0.25) is 0 Å². The molecule has 0 aliphatic heterocycles. The molecule has 1 unspecified atom stereocenters. The van der Waals surface area contributed by atoms with Gasteiger partial charge in [-0.25, -0.2) is 0 Å². The maximum absolute atomic E-state index is 8.97. The van der Waals surface area contributed by atoms with Gasteiger partial charge in [0, 0.05) is 6.42 Å². The molecule has 0 rings (SSSR count). The van der Waals surface area contributed by atoms with Crippen molar-refractivity contribution in [1.29, 1.82) is 0 Å². The average molecular weight is 203 g/mol. The van der Waals surface area contributed by atoms with E-state index in [0.29, 0.717) is 6.42 Å². The quantitative estimate of drug-likeness (QED) is 0.150. The number of hydrogen-bond acceptors (Lipinski definition) is 4. The lowest BCUT2D eigenvalue weighted by atomic mass is 10.2. The van der Waals surface area contributed by atoms with E-state index in [0.717, 1.165) is 32.4 Å². The highest BCUT2D eigenvalue weighted by Crippen LogP contribution is 1.93. The zero-order valence-corrected chi connectivity index (χ0v) is 8.74. The molecule has 0 amide bonds. The summed E-state index contributed by atoms with van der Waals surface area (Å²) in [5, 5.41) is 23.3. The third-order valence-corrected chi connectivity index (χ3v) is 1.89. The lowest BCUT2D eigenvalue weighted by Crippen LogP contribution is -2.20. The van der Waals surface area contributed by atoms with E-state index < -0.39 is 0 Å². The Morgan fingerprint density at radius 2 is 2.07 bits per heavy atom.